The van der Waals surface area contributed by atoms with E-state index in [4.69, 9.17) is 0 Å². The Hall–Kier alpha value is -2.69. The van der Waals surface area contributed by atoms with Crippen molar-refractivity contribution in [3.8, 4) is 23.0 Å². The smallest absolute Gasteiger partial charge is 0.178 e. The van der Waals surface area contributed by atoms with Gasteiger partial charge in [0.15, 0.2) is 11.6 Å². The average molecular weight is 249 g/mol. The molecule has 5 nitrogen and oxygen atoms in total. The Morgan fingerprint density at radius 1 is 0.684 bits per heavy atom. The highest BCUT2D eigenvalue weighted by molar-refractivity contribution is 5.58. The zero-order valence-corrected chi connectivity index (χ0v) is 10.4. The van der Waals surface area contributed by atoms with E-state index in [0.29, 0.717) is 11.6 Å². The third kappa shape index (κ3) is 2.44. The summed E-state index contributed by atoms with van der Waals surface area (Å²) in [5.41, 5.74) is 2.52. The lowest BCUT2D eigenvalue weighted by Crippen LogP contribution is -1.96. The lowest BCUT2D eigenvalue weighted by atomic mass is 10.2. The molecule has 0 radical (unpaired) electrons. The third-order valence-corrected chi connectivity index (χ3v) is 2.56. The molecule has 0 unspecified atom stereocenters. The number of hydrogen-bond acceptors (Lipinski definition) is 5. The van der Waals surface area contributed by atoms with Gasteiger partial charge in [-0.15, -0.1) is 0 Å². The molecule has 3 aromatic heterocycles. The first-order valence-electron chi connectivity index (χ1n) is 5.86. The fourth-order valence-electron chi connectivity index (χ4n) is 1.76. The van der Waals surface area contributed by atoms with Crippen LogP contribution in [-0.2, 0) is 0 Å². The molecule has 3 aromatic rings. The van der Waals surface area contributed by atoms with Gasteiger partial charge in [0.1, 0.15) is 11.4 Å². The van der Waals surface area contributed by atoms with Gasteiger partial charge in [-0.3, -0.25) is 0 Å². The SMILES string of the molecule is Cc1cc(-c2ncccn2)nc(-c2ncccn2)c1. The van der Waals surface area contributed by atoms with Crippen LogP contribution >= 0.6 is 0 Å². The Bertz CT molecular complexity index is 625. The van der Waals surface area contributed by atoms with Gasteiger partial charge >= 0.3 is 0 Å². The summed E-state index contributed by atoms with van der Waals surface area (Å²) in [6.45, 7) is 2.00. The highest BCUT2D eigenvalue weighted by Crippen LogP contribution is 2.19. The van der Waals surface area contributed by atoms with Crippen molar-refractivity contribution in [3.63, 3.8) is 0 Å². The maximum Gasteiger partial charge on any atom is 0.178 e. The number of nitrogens with zero attached hydrogens (tertiary/aromatic N) is 5. The molecule has 0 amide bonds. The van der Waals surface area contributed by atoms with Crippen LogP contribution in [0.3, 0.4) is 0 Å². The van der Waals surface area contributed by atoms with Crippen LogP contribution in [-0.4, -0.2) is 24.9 Å². The summed E-state index contributed by atoms with van der Waals surface area (Å²) in [6.07, 6.45) is 6.80. The molecule has 92 valence electrons. The van der Waals surface area contributed by atoms with Crippen LogP contribution in [0, 0.1) is 6.92 Å². The second-order valence-electron chi connectivity index (χ2n) is 4.06. The second kappa shape index (κ2) is 4.89. The van der Waals surface area contributed by atoms with Crippen LogP contribution in [0.4, 0.5) is 0 Å². The third-order valence-electron chi connectivity index (χ3n) is 2.56. The summed E-state index contributed by atoms with van der Waals surface area (Å²) in [5.74, 6) is 1.20. The van der Waals surface area contributed by atoms with Gasteiger partial charge in [-0.2, -0.15) is 0 Å². The van der Waals surface area contributed by atoms with Gasteiger partial charge in [0, 0.05) is 24.8 Å². The number of aryl methyl sites for hydroxylation is 1. The molecule has 0 aliphatic rings. The predicted octanol–water partition coefficient (Wildman–Crippen LogP) is 2.30. The second-order valence-corrected chi connectivity index (χ2v) is 4.06. The minimum absolute atomic E-state index is 0.600. The van der Waals surface area contributed by atoms with Gasteiger partial charge in [0.2, 0.25) is 0 Å². The molecule has 5 heteroatoms. The van der Waals surface area contributed by atoms with E-state index >= 15 is 0 Å². The van der Waals surface area contributed by atoms with E-state index in [1.54, 1.807) is 36.9 Å². The van der Waals surface area contributed by atoms with Crippen molar-refractivity contribution < 1.29 is 0 Å². The van der Waals surface area contributed by atoms with Gasteiger partial charge in [0.05, 0.1) is 0 Å². The van der Waals surface area contributed by atoms with Gasteiger partial charge in [-0.05, 0) is 36.8 Å². The molecule has 0 aliphatic heterocycles. The van der Waals surface area contributed by atoms with E-state index in [2.05, 4.69) is 24.9 Å². The topological polar surface area (TPSA) is 64.5 Å². The molecule has 0 N–H and O–H groups in total. The van der Waals surface area contributed by atoms with Crippen LogP contribution in [0.2, 0.25) is 0 Å². The molecule has 3 heterocycles. The van der Waals surface area contributed by atoms with Crippen LogP contribution < -0.4 is 0 Å². The van der Waals surface area contributed by atoms with Crippen molar-refractivity contribution in [2.45, 2.75) is 6.92 Å². The lowest BCUT2D eigenvalue weighted by Gasteiger charge is -2.04. The normalized spacial score (nSPS) is 10.4. The molecule has 0 aromatic carbocycles. The fraction of sp³-hybridized carbons (Fsp3) is 0.0714. The van der Waals surface area contributed by atoms with Crippen molar-refractivity contribution in [1.82, 2.24) is 24.9 Å². The van der Waals surface area contributed by atoms with Crippen LogP contribution in [0.15, 0.2) is 49.1 Å². The van der Waals surface area contributed by atoms with Gasteiger partial charge < -0.3 is 0 Å². The van der Waals surface area contributed by atoms with Crippen molar-refractivity contribution in [2.75, 3.05) is 0 Å². The van der Waals surface area contributed by atoms with E-state index in [-0.39, 0.29) is 0 Å². The quantitative estimate of drug-likeness (QED) is 0.697. The fourth-order valence-corrected chi connectivity index (χ4v) is 1.76. The Balaban J connectivity index is 2.12. The van der Waals surface area contributed by atoms with E-state index in [1.807, 2.05) is 19.1 Å². The van der Waals surface area contributed by atoms with Crippen LogP contribution in [0.5, 0.6) is 0 Å². The summed E-state index contributed by atoms with van der Waals surface area (Å²) in [4.78, 5) is 21.4. The summed E-state index contributed by atoms with van der Waals surface area (Å²) < 4.78 is 0. The number of aromatic nitrogens is 5. The van der Waals surface area contributed by atoms with Crippen LogP contribution in [0.25, 0.3) is 23.0 Å². The van der Waals surface area contributed by atoms with Crippen molar-refractivity contribution in [1.29, 1.82) is 0 Å². The molecule has 0 fully saturated rings. The first-order valence-corrected chi connectivity index (χ1v) is 5.86. The van der Waals surface area contributed by atoms with E-state index < -0.39 is 0 Å². The Kier molecular flexibility index (Phi) is 2.94. The maximum atomic E-state index is 4.52. The van der Waals surface area contributed by atoms with Crippen molar-refractivity contribution >= 4 is 0 Å². The van der Waals surface area contributed by atoms with Gasteiger partial charge in [-0.1, -0.05) is 0 Å². The van der Waals surface area contributed by atoms with Gasteiger partial charge in [0.25, 0.3) is 0 Å². The highest BCUT2D eigenvalue weighted by atomic mass is 14.9. The highest BCUT2D eigenvalue weighted by Gasteiger charge is 2.08. The number of hydrogen-bond donors (Lipinski definition) is 0. The number of pyridine rings is 1. The van der Waals surface area contributed by atoms with Gasteiger partial charge in [-0.25, -0.2) is 24.9 Å². The van der Waals surface area contributed by atoms with Crippen molar-refractivity contribution in [3.05, 3.63) is 54.6 Å². The monoisotopic (exact) mass is 249 g/mol. The molecule has 3 rings (SSSR count). The molecular weight excluding hydrogens is 238 g/mol. The Morgan fingerprint density at radius 3 is 1.53 bits per heavy atom. The van der Waals surface area contributed by atoms with E-state index in [1.165, 1.54) is 0 Å². The molecule has 0 atom stereocenters. The zero-order chi connectivity index (χ0) is 13.1. The summed E-state index contributed by atoms with van der Waals surface area (Å²) in [6, 6.07) is 7.45. The van der Waals surface area contributed by atoms with E-state index in [0.717, 1.165) is 17.0 Å². The number of rotatable bonds is 2. The maximum absolute atomic E-state index is 4.52. The minimum atomic E-state index is 0.600. The molecule has 19 heavy (non-hydrogen) atoms. The summed E-state index contributed by atoms with van der Waals surface area (Å²) >= 11 is 0. The Morgan fingerprint density at radius 2 is 1.11 bits per heavy atom. The first kappa shape index (κ1) is 11.4. The molecule has 0 spiro atoms. The molecule has 0 aliphatic carbocycles. The largest absolute Gasteiger partial charge is 0.241 e. The molecule has 0 saturated heterocycles. The standard InChI is InChI=1S/C14H11N5/c1-10-8-11(13-15-4-2-5-16-13)19-12(9-10)14-17-6-3-7-18-14/h2-9H,1H3. The first-order chi connectivity index (χ1) is 9.33. The summed E-state index contributed by atoms with van der Waals surface area (Å²) in [7, 11) is 0. The molecule has 0 saturated carbocycles. The van der Waals surface area contributed by atoms with Crippen molar-refractivity contribution in [2.24, 2.45) is 0 Å². The van der Waals surface area contributed by atoms with Crippen LogP contribution in [0.1, 0.15) is 5.56 Å². The lowest BCUT2D eigenvalue weighted by molar-refractivity contribution is 1.10. The summed E-state index contributed by atoms with van der Waals surface area (Å²) in [5, 5.41) is 0. The minimum Gasteiger partial charge on any atom is -0.241 e. The molecular formula is C14H11N5. The zero-order valence-electron chi connectivity index (χ0n) is 10.4. The predicted molar refractivity (Wildman–Crippen MR) is 71.0 cm³/mol. The Labute approximate surface area is 110 Å². The molecule has 0 bridgehead atoms. The van der Waals surface area contributed by atoms with E-state index in [9.17, 15) is 0 Å². The average Bonchev–Trinajstić information content (AvgIpc) is 2.48.